The number of aliphatic hydroxyl groups is 1. The molecule has 62 valence electrons. The normalized spacial score (nSPS) is 11.0. The van der Waals surface area contributed by atoms with Gasteiger partial charge in [-0.2, -0.15) is 5.10 Å². The van der Waals surface area contributed by atoms with Crippen molar-refractivity contribution in [2.24, 2.45) is 7.05 Å². The van der Waals surface area contributed by atoms with Crippen molar-refractivity contribution in [3.05, 3.63) is 17.5 Å². The van der Waals surface area contributed by atoms with Crippen LogP contribution in [0.2, 0.25) is 0 Å². The van der Waals surface area contributed by atoms with Gasteiger partial charge >= 0.3 is 0 Å². The molecule has 1 rings (SSSR count). The van der Waals surface area contributed by atoms with Gasteiger partial charge in [0, 0.05) is 18.3 Å². The Morgan fingerprint density at radius 2 is 2.27 bits per heavy atom. The third-order valence-corrected chi connectivity index (χ3v) is 1.78. The van der Waals surface area contributed by atoms with Crippen molar-refractivity contribution >= 4 is 0 Å². The summed E-state index contributed by atoms with van der Waals surface area (Å²) < 4.78 is 1.82. The number of hydrogen-bond acceptors (Lipinski definition) is 2. The van der Waals surface area contributed by atoms with Gasteiger partial charge in [0.1, 0.15) is 0 Å². The van der Waals surface area contributed by atoms with E-state index < -0.39 is 0 Å². The summed E-state index contributed by atoms with van der Waals surface area (Å²) in [6.45, 7) is 4.27. The molecule has 1 N–H and O–H groups in total. The summed E-state index contributed by atoms with van der Waals surface area (Å²) in [6.07, 6.45) is 1.72. The second kappa shape index (κ2) is 3.05. The zero-order chi connectivity index (χ0) is 8.43. The maximum Gasteiger partial charge on any atom is 0.0715 e. The van der Waals surface area contributed by atoms with Gasteiger partial charge < -0.3 is 5.11 Å². The van der Waals surface area contributed by atoms with Gasteiger partial charge in [0.05, 0.1) is 12.8 Å². The molecule has 0 saturated heterocycles. The minimum absolute atomic E-state index is 0.0847. The van der Waals surface area contributed by atoms with Crippen LogP contribution >= 0.6 is 0 Å². The maximum atomic E-state index is 8.93. The zero-order valence-corrected chi connectivity index (χ0v) is 7.20. The van der Waals surface area contributed by atoms with E-state index in [4.69, 9.17) is 5.11 Å². The highest BCUT2D eigenvalue weighted by molar-refractivity contribution is 5.19. The van der Waals surface area contributed by atoms with E-state index in [1.54, 1.807) is 6.20 Å². The first-order valence-corrected chi connectivity index (χ1v) is 3.78. The summed E-state index contributed by atoms with van der Waals surface area (Å²) in [7, 11) is 1.90. The monoisotopic (exact) mass is 154 g/mol. The highest BCUT2D eigenvalue weighted by Gasteiger charge is 2.10. The van der Waals surface area contributed by atoms with E-state index in [9.17, 15) is 0 Å². The van der Waals surface area contributed by atoms with Crippen LogP contribution < -0.4 is 0 Å². The molecule has 1 aromatic rings. The summed E-state index contributed by atoms with van der Waals surface area (Å²) >= 11 is 0. The van der Waals surface area contributed by atoms with Gasteiger partial charge in [-0.25, -0.2) is 0 Å². The molecule has 0 radical (unpaired) electrons. The Morgan fingerprint density at radius 3 is 2.64 bits per heavy atom. The van der Waals surface area contributed by atoms with E-state index in [0.717, 1.165) is 11.3 Å². The van der Waals surface area contributed by atoms with E-state index in [2.05, 4.69) is 18.9 Å². The Hall–Kier alpha value is -0.830. The van der Waals surface area contributed by atoms with Crippen molar-refractivity contribution < 1.29 is 5.11 Å². The van der Waals surface area contributed by atoms with Gasteiger partial charge in [0.25, 0.3) is 0 Å². The molecule has 0 unspecified atom stereocenters. The van der Waals surface area contributed by atoms with Gasteiger partial charge in [-0.05, 0) is 5.92 Å². The zero-order valence-electron chi connectivity index (χ0n) is 7.20. The van der Waals surface area contributed by atoms with Crippen LogP contribution in [0.5, 0.6) is 0 Å². The van der Waals surface area contributed by atoms with Crippen LogP contribution in [0.25, 0.3) is 0 Å². The molecule has 3 heteroatoms. The predicted octanol–water partition coefficient (Wildman–Crippen LogP) is 1.04. The van der Waals surface area contributed by atoms with Crippen LogP contribution in [0.1, 0.15) is 31.0 Å². The van der Waals surface area contributed by atoms with E-state index in [0.29, 0.717) is 5.92 Å². The molecule has 1 aromatic heterocycles. The van der Waals surface area contributed by atoms with Gasteiger partial charge in [-0.15, -0.1) is 0 Å². The van der Waals surface area contributed by atoms with Gasteiger partial charge in [0.2, 0.25) is 0 Å². The average molecular weight is 154 g/mol. The number of rotatable bonds is 2. The first kappa shape index (κ1) is 8.27. The molecular weight excluding hydrogens is 140 g/mol. The Labute approximate surface area is 66.7 Å². The molecule has 0 fully saturated rings. The Kier molecular flexibility index (Phi) is 2.29. The third-order valence-electron chi connectivity index (χ3n) is 1.78. The fourth-order valence-electron chi connectivity index (χ4n) is 1.36. The minimum atomic E-state index is 0.0847. The van der Waals surface area contributed by atoms with Crippen molar-refractivity contribution in [3.63, 3.8) is 0 Å². The third kappa shape index (κ3) is 1.43. The van der Waals surface area contributed by atoms with Gasteiger partial charge in [0.15, 0.2) is 0 Å². The molecule has 3 nitrogen and oxygen atoms in total. The molecule has 0 atom stereocenters. The average Bonchev–Trinajstić information content (AvgIpc) is 2.30. The lowest BCUT2D eigenvalue weighted by Crippen LogP contribution is -2.02. The molecule has 0 aliphatic rings. The lowest BCUT2D eigenvalue weighted by Gasteiger charge is -2.07. The van der Waals surface area contributed by atoms with Crippen LogP contribution in [0.4, 0.5) is 0 Å². The lowest BCUT2D eigenvalue weighted by molar-refractivity contribution is 0.280. The molecule has 0 saturated carbocycles. The molecule has 0 amide bonds. The van der Waals surface area contributed by atoms with Crippen molar-refractivity contribution in [1.82, 2.24) is 9.78 Å². The van der Waals surface area contributed by atoms with E-state index in [1.807, 2.05) is 11.7 Å². The number of nitrogens with zero attached hydrogens (tertiary/aromatic N) is 2. The second-order valence-corrected chi connectivity index (χ2v) is 2.99. The number of aliphatic hydroxyl groups excluding tert-OH is 1. The van der Waals surface area contributed by atoms with Crippen molar-refractivity contribution in [2.45, 2.75) is 26.4 Å². The summed E-state index contributed by atoms with van der Waals surface area (Å²) in [5, 5.41) is 13.0. The molecule has 0 aliphatic carbocycles. The van der Waals surface area contributed by atoms with Crippen LogP contribution in [0.3, 0.4) is 0 Å². The van der Waals surface area contributed by atoms with Crippen molar-refractivity contribution in [2.75, 3.05) is 0 Å². The molecule has 1 heterocycles. The predicted molar refractivity (Wildman–Crippen MR) is 43.2 cm³/mol. The fourth-order valence-corrected chi connectivity index (χ4v) is 1.36. The quantitative estimate of drug-likeness (QED) is 0.691. The smallest absolute Gasteiger partial charge is 0.0715 e. The van der Waals surface area contributed by atoms with Crippen molar-refractivity contribution in [1.29, 1.82) is 0 Å². The number of hydrogen-bond donors (Lipinski definition) is 1. The van der Waals surface area contributed by atoms with Crippen LogP contribution in [-0.4, -0.2) is 14.9 Å². The molecule has 0 spiro atoms. The summed E-state index contributed by atoms with van der Waals surface area (Å²) in [4.78, 5) is 0. The number of aromatic nitrogens is 2. The molecular formula is C8H14N2O. The van der Waals surface area contributed by atoms with E-state index in [1.165, 1.54) is 0 Å². The topological polar surface area (TPSA) is 38.1 Å². The second-order valence-electron chi connectivity index (χ2n) is 2.99. The maximum absolute atomic E-state index is 8.93. The summed E-state index contributed by atoms with van der Waals surface area (Å²) in [5.74, 6) is 0.421. The Morgan fingerprint density at radius 1 is 1.64 bits per heavy atom. The highest BCUT2D eigenvalue weighted by atomic mass is 16.3. The van der Waals surface area contributed by atoms with E-state index in [-0.39, 0.29) is 6.61 Å². The van der Waals surface area contributed by atoms with E-state index >= 15 is 0 Å². The standard InChI is InChI=1S/C8H14N2O/c1-6(2)8-7(5-11)4-9-10(8)3/h4,6,11H,5H2,1-3H3. The van der Waals surface area contributed by atoms with Crippen LogP contribution in [-0.2, 0) is 13.7 Å². The first-order valence-electron chi connectivity index (χ1n) is 3.78. The van der Waals surface area contributed by atoms with Gasteiger partial charge in [-0.1, -0.05) is 13.8 Å². The van der Waals surface area contributed by atoms with Crippen molar-refractivity contribution in [3.8, 4) is 0 Å². The molecule has 0 aliphatic heterocycles. The molecule has 11 heavy (non-hydrogen) atoms. The molecule has 0 aromatic carbocycles. The lowest BCUT2D eigenvalue weighted by atomic mass is 10.1. The first-order chi connectivity index (χ1) is 5.16. The minimum Gasteiger partial charge on any atom is -0.392 e. The Balaban J connectivity index is 3.07. The molecule has 0 bridgehead atoms. The largest absolute Gasteiger partial charge is 0.392 e. The summed E-state index contributed by atoms with van der Waals surface area (Å²) in [5.41, 5.74) is 2.05. The van der Waals surface area contributed by atoms with Crippen LogP contribution in [0.15, 0.2) is 6.20 Å². The highest BCUT2D eigenvalue weighted by Crippen LogP contribution is 2.17. The van der Waals surface area contributed by atoms with Crippen LogP contribution in [0, 0.1) is 0 Å². The number of aryl methyl sites for hydroxylation is 1. The SMILES string of the molecule is CC(C)c1c(CO)cnn1C. The van der Waals surface area contributed by atoms with Gasteiger partial charge in [-0.3, -0.25) is 4.68 Å². The summed E-state index contributed by atoms with van der Waals surface area (Å²) in [6, 6.07) is 0. The Bertz CT molecular complexity index is 240. The fraction of sp³-hybridized carbons (Fsp3) is 0.625.